The lowest BCUT2D eigenvalue weighted by atomic mass is 10.1. The number of aryl methyl sites for hydroxylation is 1. The molecule has 5 aromatic rings. The van der Waals surface area contributed by atoms with Crippen molar-refractivity contribution in [1.82, 2.24) is 19.3 Å². The van der Waals surface area contributed by atoms with Gasteiger partial charge in [0.05, 0.1) is 18.2 Å². The van der Waals surface area contributed by atoms with Gasteiger partial charge >= 0.3 is 0 Å². The van der Waals surface area contributed by atoms with Crippen molar-refractivity contribution in [2.45, 2.75) is 24.5 Å². The summed E-state index contributed by atoms with van der Waals surface area (Å²) in [6, 6.07) is 24.1. The molecule has 0 aliphatic heterocycles. The lowest BCUT2D eigenvalue weighted by molar-refractivity contribution is 0.102. The highest BCUT2D eigenvalue weighted by Crippen LogP contribution is 2.27. The van der Waals surface area contributed by atoms with Gasteiger partial charge in [0.2, 0.25) is 0 Å². The molecule has 0 saturated carbocycles. The predicted octanol–water partition coefficient (Wildman–Crippen LogP) is 5.76. The molecular weight excluding hydrogens is 462 g/mol. The summed E-state index contributed by atoms with van der Waals surface area (Å²) in [5, 5.41) is 21.5. The van der Waals surface area contributed by atoms with E-state index < -0.39 is 0 Å². The van der Waals surface area contributed by atoms with Crippen molar-refractivity contribution in [1.29, 1.82) is 5.26 Å². The molecule has 0 spiro atoms. The number of carbonyl (C=O) groups is 1. The Kier molecular flexibility index (Phi) is 6.56. The van der Waals surface area contributed by atoms with Gasteiger partial charge in [-0.2, -0.15) is 5.26 Å². The molecule has 0 atom stereocenters. The third-order valence-corrected chi connectivity index (χ3v) is 7.32. The topological polar surface area (TPSA) is 76.5 Å². The van der Waals surface area contributed by atoms with E-state index in [4.69, 9.17) is 5.26 Å². The fourth-order valence-corrected chi connectivity index (χ4v) is 5.50. The van der Waals surface area contributed by atoms with Gasteiger partial charge in [-0.05, 0) is 29.6 Å². The van der Waals surface area contributed by atoms with Gasteiger partial charge in [0.25, 0.3) is 0 Å². The number of rotatable bonds is 9. The molecule has 0 bridgehead atoms. The third kappa shape index (κ3) is 4.53. The molecule has 0 amide bonds. The van der Waals surface area contributed by atoms with E-state index in [1.165, 1.54) is 16.6 Å². The molecule has 34 heavy (non-hydrogen) atoms. The Morgan fingerprint density at radius 1 is 1.03 bits per heavy atom. The smallest absolute Gasteiger partial charge is 0.196 e. The molecule has 3 aromatic heterocycles. The van der Waals surface area contributed by atoms with Gasteiger partial charge in [-0.1, -0.05) is 54.2 Å². The van der Waals surface area contributed by atoms with Crippen LogP contribution in [0.4, 0.5) is 0 Å². The van der Waals surface area contributed by atoms with Crippen LogP contribution in [0.2, 0.25) is 0 Å². The second-order valence-corrected chi connectivity index (χ2v) is 9.67. The number of ketones is 1. The highest BCUT2D eigenvalue weighted by Gasteiger charge is 2.19. The van der Waals surface area contributed by atoms with Gasteiger partial charge < -0.3 is 4.57 Å². The van der Waals surface area contributed by atoms with Gasteiger partial charge in [0.15, 0.2) is 10.9 Å². The van der Waals surface area contributed by atoms with E-state index in [-0.39, 0.29) is 11.5 Å². The lowest BCUT2D eigenvalue weighted by Crippen LogP contribution is -2.06. The first-order chi connectivity index (χ1) is 16.7. The zero-order valence-electron chi connectivity index (χ0n) is 18.3. The maximum atomic E-state index is 13.3. The number of Topliss-reactive ketones (excluding diaryl/α,β-unsaturated/α-hetero) is 1. The van der Waals surface area contributed by atoms with E-state index in [0.717, 1.165) is 22.4 Å². The quantitative estimate of drug-likeness (QED) is 0.197. The summed E-state index contributed by atoms with van der Waals surface area (Å²) in [6.07, 6.45) is 2.95. The van der Waals surface area contributed by atoms with Gasteiger partial charge in [-0.25, -0.2) is 0 Å². The van der Waals surface area contributed by atoms with Crippen molar-refractivity contribution in [3.05, 3.63) is 94.6 Å². The van der Waals surface area contributed by atoms with Crippen molar-refractivity contribution < 1.29 is 4.79 Å². The summed E-state index contributed by atoms with van der Waals surface area (Å²) in [5.74, 6) is 1.12. The molecule has 8 heteroatoms. The first-order valence-corrected chi connectivity index (χ1v) is 12.7. The number of fused-ring (bicyclic) bond motifs is 1. The normalized spacial score (nSPS) is 11.0. The van der Waals surface area contributed by atoms with E-state index in [1.807, 2.05) is 76.0 Å². The van der Waals surface area contributed by atoms with Gasteiger partial charge in [-0.3, -0.25) is 9.36 Å². The molecule has 0 saturated heterocycles. The first-order valence-electron chi connectivity index (χ1n) is 10.9. The number of benzene rings is 2. The lowest BCUT2D eigenvalue weighted by Gasteiger charge is -2.09. The summed E-state index contributed by atoms with van der Waals surface area (Å²) in [6.45, 7) is 0.561. The molecule has 3 heterocycles. The number of aromatic nitrogens is 4. The number of para-hydroxylation sites is 2. The van der Waals surface area contributed by atoms with Crippen LogP contribution in [0, 0.1) is 11.3 Å². The number of carbonyl (C=O) groups excluding carboxylic acids is 1. The molecular formula is C26H21N5OS2. The number of nitrogens with zero attached hydrogens (tertiary/aromatic N) is 5. The Hall–Kier alpha value is -3.67. The van der Waals surface area contributed by atoms with Crippen LogP contribution >= 0.6 is 23.1 Å². The van der Waals surface area contributed by atoms with Crippen molar-refractivity contribution in [2.75, 3.05) is 5.75 Å². The maximum absolute atomic E-state index is 13.3. The molecule has 0 fully saturated rings. The van der Waals surface area contributed by atoms with Crippen molar-refractivity contribution >= 4 is 39.8 Å². The van der Waals surface area contributed by atoms with Crippen LogP contribution in [-0.2, 0) is 13.0 Å². The standard InChI is InChI=1S/C26H21N5OS2/c27-13-7-14-30-17-22(21-11-4-5-12-23(21)30)24(32)18-34-26-29-28-25(16-20-10-6-15-33-20)31(26)19-8-2-1-3-9-19/h1-6,8-12,15,17H,7,14,16,18H2. The average molecular weight is 484 g/mol. The summed E-state index contributed by atoms with van der Waals surface area (Å²) in [7, 11) is 0. The van der Waals surface area contributed by atoms with E-state index in [2.05, 4.69) is 27.7 Å². The van der Waals surface area contributed by atoms with Gasteiger partial charge in [0.1, 0.15) is 5.82 Å². The molecule has 0 aliphatic carbocycles. The molecule has 5 rings (SSSR count). The third-order valence-electron chi connectivity index (χ3n) is 5.51. The monoisotopic (exact) mass is 483 g/mol. The fourth-order valence-electron chi connectivity index (χ4n) is 3.95. The van der Waals surface area contributed by atoms with Gasteiger partial charge in [-0.15, -0.1) is 21.5 Å². The zero-order chi connectivity index (χ0) is 23.3. The second kappa shape index (κ2) is 10.1. The molecule has 0 N–H and O–H groups in total. The Bertz CT molecular complexity index is 1460. The Morgan fingerprint density at radius 3 is 2.65 bits per heavy atom. The fraction of sp³-hybridized carbons (Fsp3) is 0.154. The highest BCUT2D eigenvalue weighted by molar-refractivity contribution is 7.99. The molecule has 0 aliphatic rings. The minimum atomic E-state index is 0.0272. The molecule has 168 valence electrons. The van der Waals surface area contributed by atoms with Crippen molar-refractivity contribution in [3.63, 3.8) is 0 Å². The molecule has 0 unspecified atom stereocenters. The Labute approximate surface area is 205 Å². The molecule has 0 radical (unpaired) electrons. The van der Waals surface area contributed by atoms with Crippen molar-refractivity contribution in [2.24, 2.45) is 0 Å². The van der Waals surface area contributed by atoms with Crippen LogP contribution < -0.4 is 0 Å². The first kappa shape index (κ1) is 22.1. The predicted molar refractivity (Wildman–Crippen MR) is 136 cm³/mol. The minimum absolute atomic E-state index is 0.0272. The Balaban J connectivity index is 1.42. The van der Waals surface area contributed by atoms with Crippen LogP contribution in [0.5, 0.6) is 0 Å². The summed E-state index contributed by atoms with van der Waals surface area (Å²) in [4.78, 5) is 14.5. The number of nitriles is 1. The zero-order valence-corrected chi connectivity index (χ0v) is 19.9. The molecule has 6 nitrogen and oxygen atoms in total. The van der Waals surface area contributed by atoms with Crippen molar-refractivity contribution in [3.8, 4) is 11.8 Å². The van der Waals surface area contributed by atoms with E-state index in [1.54, 1.807) is 11.3 Å². The largest absolute Gasteiger partial charge is 0.346 e. The van der Waals surface area contributed by atoms with E-state index in [0.29, 0.717) is 30.1 Å². The van der Waals surface area contributed by atoms with Gasteiger partial charge in [0, 0.05) is 46.2 Å². The summed E-state index contributed by atoms with van der Waals surface area (Å²) >= 11 is 3.09. The summed E-state index contributed by atoms with van der Waals surface area (Å²) < 4.78 is 4.02. The van der Waals surface area contributed by atoms with Crippen LogP contribution in [0.1, 0.15) is 27.5 Å². The number of hydrogen-bond donors (Lipinski definition) is 0. The highest BCUT2D eigenvalue weighted by atomic mass is 32.2. The van der Waals surface area contributed by atoms with E-state index >= 15 is 0 Å². The maximum Gasteiger partial charge on any atom is 0.196 e. The second-order valence-electron chi connectivity index (χ2n) is 7.70. The Morgan fingerprint density at radius 2 is 1.85 bits per heavy atom. The minimum Gasteiger partial charge on any atom is -0.346 e. The SMILES string of the molecule is N#CCCn1cc(C(=O)CSc2nnc(Cc3cccs3)n2-c2ccccc2)c2ccccc21. The number of hydrogen-bond acceptors (Lipinski definition) is 6. The van der Waals surface area contributed by atoms with Crippen LogP contribution in [0.3, 0.4) is 0 Å². The molecule has 2 aromatic carbocycles. The van der Waals surface area contributed by atoms with E-state index in [9.17, 15) is 4.79 Å². The number of thioether (sulfide) groups is 1. The number of thiophene rings is 1. The van der Waals surface area contributed by atoms with Crippen LogP contribution in [0.25, 0.3) is 16.6 Å². The average Bonchev–Trinajstić information content (AvgIpc) is 3.61. The summed E-state index contributed by atoms with van der Waals surface area (Å²) in [5.41, 5.74) is 2.62. The van der Waals surface area contributed by atoms with Crippen LogP contribution in [0.15, 0.2) is 83.5 Å². The van der Waals surface area contributed by atoms with Crippen LogP contribution in [-0.4, -0.2) is 30.9 Å².